The number of hydrogen-bond acceptors (Lipinski definition) is 11. The minimum absolute atomic E-state index is 0.00385. The zero-order chi connectivity index (χ0) is 52.1. The van der Waals surface area contributed by atoms with Gasteiger partial charge in [-0.25, -0.2) is 9.78 Å². The van der Waals surface area contributed by atoms with Crippen LogP contribution in [0.4, 0.5) is 29.3 Å². The van der Waals surface area contributed by atoms with Gasteiger partial charge in [0.15, 0.2) is 5.11 Å². The number of thiazole rings is 1. The molecule has 4 amide bonds. The molecule has 4 aromatic carbocycles. The molecule has 1 aromatic heterocycles. The number of benzene rings is 4. The fraction of sp³-hybridized carbons (Fsp3) is 0.377. The number of nitrogens with zero attached hydrogens (tertiary/aromatic N) is 5. The molecular formula is C53H56F3N7O7S2. The molecule has 7 rings (SSSR count). The van der Waals surface area contributed by atoms with E-state index in [1.807, 2.05) is 67.6 Å². The standard InChI is InChI=1S/C53H56F3N7O7S2/c1-32-44(72-31-59-32)36-12-10-33(11-13-36)29-58-46(65)43-27-40(64)30-61(43)47(66)45(51(2,3)4)60-49(68)70-25-9-7-8-24-69-41-22-17-35(18-23-41)34-14-19-38(20-15-34)63-50(71)62(48(67)52(63,5)6)39-21-16-37(28-57)42(26-39)53(54,55)56/h10-23,26,31,40,43,45,64H,7-9,24-25,27,29-30H2,1-6H3,(H,58,65)(H,60,68)/t40-,43+,45-/m1/s1. The maximum Gasteiger partial charge on any atom is 0.417 e. The molecule has 0 aliphatic carbocycles. The van der Waals surface area contributed by atoms with Crippen molar-refractivity contribution in [2.24, 2.45) is 5.41 Å². The van der Waals surface area contributed by atoms with Crippen molar-refractivity contribution in [1.82, 2.24) is 20.5 Å². The Morgan fingerprint density at radius 2 is 1.56 bits per heavy atom. The largest absolute Gasteiger partial charge is 0.494 e. The summed E-state index contributed by atoms with van der Waals surface area (Å²) in [6, 6.07) is 25.3. The smallest absolute Gasteiger partial charge is 0.417 e. The van der Waals surface area contributed by atoms with Gasteiger partial charge in [-0.2, -0.15) is 18.4 Å². The number of alkyl carbamates (subject to hydrolysis) is 1. The van der Waals surface area contributed by atoms with Gasteiger partial charge in [-0.05, 0) is 122 Å². The number of carbonyl (C=O) groups is 4. The maximum absolute atomic E-state index is 14.0. The predicted octanol–water partition coefficient (Wildman–Crippen LogP) is 9.56. The van der Waals surface area contributed by atoms with Crippen LogP contribution in [0.5, 0.6) is 5.75 Å². The summed E-state index contributed by atoms with van der Waals surface area (Å²) in [4.78, 5) is 63.4. The average molecular weight is 1020 g/mol. The zero-order valence-corrected chi connectivity index (χ0v) is 42.3. The van der Waals surface area contributed by atoms with E-state index < -0.39 is 70.3 Å². The lowest BCUT2D eigenvalue weighted by Crippen LogP contribution is -2.57. The van der Waals surface area contributed by atoms with Gasteiger partial charge in [-0.1, -0.05) is 69.3 Å². The highest BCUT2D eigenvalue weighted by Gasteiger charge is 2.51. The van der Waals surface area contributed by atoms with E-state index in [0.29, 0.717) is 37.3 Å². The van der Waals surface area contributed by atoms with Crippen LogP contribution in [0.15, 0.2) is 96.5 Å². The Hall–Kier alpha value is -6.88. The van der Waals surface area contributed by atoms with Gasteiger partial charge in [0.2, 0.25) is 11.8 Å². The highest BCUT2D eigenvalue weighted by Crippen LogP contribution is 2.40. The topological polar surface area (TPSA) is 177 Å². The molecule has 0 bridgehead atoms. The number of anilines is 2. The van der Waals surface area contributed by atoms with Crippen LogP contribution in [0, 0.1) is 23.7 Å². The first-order valence-corrected chi connectivity index (χ1v) is 24.7. The highest BCUT2D eigenvalue weighted by atomic mass is 32.1. The Balaban J connectivity index is 0.841. The lowest BCUT2D eigenvalue weighted by atomic mass is 9.85. The third-order valence-electron chi connectivity index (χ3n) is 12.6. The molecule has 2 fully saturated rings. The van der Waals surface area contributed by atoms with E-state index in [0.717, 1.165) is 49.9 Å². The van der Waals surface area contributed by atoms with E-state index in [-0.39, 0.29) is 36.9 Å². The Labute approximate surface area is 425 Å². The van der Waals surface area contributed by atoms with Crippen molar-refractivity contribution in [2.75, 3.05) is 29.6 Å². The normalized spacial score (nSPS) is 17.2. The number of rotatable bonds is 16. The third kappa shape index (κ3) is 11.9. The summed E-state index contributed by atoms with van der Waals surface area (Å²) >= 11 is 7.23. The monoisotopic (exact) mass is 1020 g/mol. The Bertz CT molecular complexity index is 2840. The molecule has 19 heteroatoms. The second-order valence-electron chi connectivity index (χ2n) is 19.3. The van der Waals surface area contributed by atoms with Crippen LogP contribution in [0.3, 0.4) is 0 Å². The van der Waals surface area contributed by atoms with Crippen LogP contribution in [-0.2, 0) is 31.8 Å². The molecule has 2 saturated heterocycles. The van der Waals surface area contributed by atoms with E-state index in [1.165, 1.54) is 11.0 Å². The van der Waals surface area contributed by atoms with E-state index in [9.17, 15) is 42.7 Å². The third-order valence-corrected chi connectivity index (χ3v) is 14.0. The predicted molar refractivity (Wildman–Crippen MR) is 272 cm³/mol. The number of ether oxygens (including phenoxy) is 2. The summed E-state index contributed by atoms with van der Waals surface area (Å²) in [7, 11) is 0. The fourth-order valence-corrected chi connectivity index (χ4v) is 10.0. The van der Waals surface area contributed by atoms with Crippen molar-refractivity contribution in [3.63, 3.8) is 0 Å². The van der Waals surface area contributed by atoms with Crippen LogP contribution in [-0.4, -0.2) is 87.4 Å². The fourth-order valence-electron chi connectivity index (χ4n) is 8.68. The Kier molecular flexibility index (Phi) is 16.1. The maximum atomic E-state index is 14.0. The van der Waals surface area contributed by atoms with Crippen molar-refractivity contribution in [3.8, 4) is 33.4 Å². The number of alkyl halides is 3. The van der Waals surface area contributed by atoms with E-state index >= 15 is 0 Å². The molecule has 0 unspecified atom stereocenters. The molecule has 2 aliphatic rings. The van der Waals surface area contributed by atoms with Gasteiger partial charge in [-0.15, -0.1) is 11.3 Å². The van der Waals surface area contributed by atoms with E-state index in [4.69, 9.17) is 21.7 Å². The van der Waals surface area contributed by atoms with Crippen molar-refractivity contribution < 1.29 is 46.9 Å². The molecule has 378 valence electrons. The van der Waals surface area contributed by atoms with Gasteiger partial charge >= 0.3 is 12.3 Å². The van der Waals surface area contributed by atoms with Crippen LogP contribution in [0.1, 0.15) is 82.7 Å². The lowest BCUT2D eigenvalue weighted by Gasteiger charge is -2.35. The SMILES string of the molecule is Cc1ncsc1-c1ccc(CNC(=O)[C@@H]2C[C@@H](O)CN2C(=O)[C@@H](NC(=O)OCCCCCOc2ccc(-c3ccc(N4C(=S)N(c5ccc(C#N)c(C(F)(F)F)c5)C(=O)C4(C)C)cc3)cc2)C(C)(C)C)cc1. The number of carbonyl (C=O) groups excluding carboxylic acids is 4. The van der Waals surface area contributed by atoms with E-state index in [2.05, 4.69) is 15.6 Å². The molecule has 3 heterocycles. The number of halogens is 3. The molecule has 5 aromatic rings. The summed E-state index contributed by atoms with van der Waals surface area (Å²) in [5.41, 5.74) is 3.21. The summed E-state index contributed by atoms with van der Waals surface area (Å²) in [5.74, 6) is -0.742. The van der Waals surface area contributed by atoms with Crippen LogP contribution >= 0.6 is 23.6 Å². The summed E-state index contributed by atoms with van der Waals surface area (Å²) in [5, 5.41) is 25.4. The van der Waals surface area contributed by atoms with Gasteiger partial charge in [-0.3, -0.25) is 19.3 Å². The van der Waals surface area contributed by atoms with Crippen molar-refractivity contribution in [1.29, 1.82) is 5.26 Å². The van der Waals surface area contributed by atoms with Crippen molar-refractivity contribution >= 4 is 63.9 Å². The number of thiocarbonyl (C=S) groups is 1. The minimum atomic E-state index is -4.80. The molecule has 14 nitrogen and oxygen atoms in total. The van der Waals surface area contributed by atoms with Gasteiger partial charge in [0.05, 0.1) is 58.3 Å². The second-order valence-corrected chi connectivity index (χ2v) is 20.5. The summed E-state index contributed by atoms with van der Waals surface area (Å²) in [6.45, 7) is 11.4. The molecule has 3 N–H and O–H groups in total. The van der Waals surface area contributed by atoms with Crippen LogP contribution < -0.4 is 25.2 Å². The molecule has 0 radical (unpaired) electrons. The molecule has 3 atom stereocenters. The summed E-state index contributed by atoms with van der Waals surface area (Å²) in [6.07, 6.45) is -4.47. The van der Waals surface area contributed by atoms with Crippen LogP contribution in [0.2, 0.25) is 0 Å². The second kappa shape index (κ2) is 21.9. The quantitative estimate of drug-likeness (QED) is 0.0634. The first-order chi connectivity index (χ1) is 34.1. The molecule has 0 spiro atoms. The van der Waals surface area contributed by atoms with Gasteiger partial charge in [0.1, 0.15) is 23.4 Å². The Morgan fingerprint density at radius 1 is 0.931 bits per heavy atom. The van der Waals surface area contributed by atoms with Gasteiger partial charge in [0.25, 0.3) is 5.91 Å². The molecule has 0 saturated carbocycles. The minimum Gasteiger partial charge on any atom is -0.494 e. The average Bonchev–Trinajstić information content (AvgIpc) is 4.01. The molecule has 2 aliphatic heterocycles. The van der Waals surface area contributed by atoms with Crippen molar-refractivity contribution in [2.45, 2.75) is 104 Å². The number of aryl methyl sites for hydroxylation is 1. The Morgan fingerprint density at radius 3 is 2.17 bits per heavy atom. The highest BCUT2D eigenvalue weighted by molar-refractivity contribution is 7.81. The van der Waals surface area contributed by atoms with Gasteiger partial charge < -0.3 is 35.0 Å². The first-order valence-electron chi connectivity index (χ1n) is 23.4. The summed E-state index contributed by atoms with van der Waals surface area (Å²) < 4.78 is 52.7. The number of aliphatic hydroxyl groups is 1. The number of unbranched alkanes of at least 4 members (excludes halogenated alkanes) is 2. The molecule has 72 heavy (non-hydrogen) atoms. The number of β-amino-alcohol motifs (C(OH)–C–C–N with tert-alkyl or cyclic N) is 1. The number of nitriles is 1. The van der Waals surface area contributed by atoms with Crippen LogP contribution in [0.25, 0.3) is 21.6 Å². The lowest BCUT2D eigenvalue weighted by molar-refractivity contribution is -0.142. The number of aromatic nitrogens is 1. The first kappa shape index (κ1) is 52.9. The zero-order valence-electron chi connectivity index (χ0n) is 40.7. The number of nitrogens with one attached hydrogen (secondary N) is 2. The number of hydrogen-bond donors (Lipinski definition) is 3. The van der Waals surface area contributed by atoms with Gasteiger partial charge in [0, 0.05) is 25.2 Å². The number of likely N-dealkylation sites (tertiary alicyclic amines) is 1. The molecular weight excluding hydrogens is 968 g/mol. The number of amides is 4. The number of aliphatic hydroxyl groups excluding tert-OH is 1. The van der Waals surface area contributed by atoms with Crippen molar-refractivity contribution in [3.05, 3.63) is 119 Å². The van der Waals surface area contributed by atoms with E-state index in [1.54, 1.807) is 74.6 Å².